The second kappa shape index (κ2) is 6.61. The molecule has 1 heterocycles. The molecule has 0 fully saturated rings. The van der Waals surface area contributed by atoms with E-state index in [9.17, 15) is 5.11 Å². The zero-order chi connectivity index (χ0) is 17.1. The number of nitrogens with zero attached hydrogens (tertiary/aromatic N) is 3. The van der Waals surface area contributed by atoms with Crippen LogP contribution in [-0.2, 0) is 6.54 Å². The number of aromatic nitrogens is 3. The van der Waals surface area contributed by atoms with E-state index in [1.807, 2.05) is 53.2 Å². The van der Waals surface area contributed by atoms with E-state index in [4.69, 9.17) is 0 Å². The average Bonchev–Trinajstić information content (AvgIpc) is 3.07. The van der Waals surface area contributed by atoms with E-state index in [1.165, 1.54) is 5.56 Å². The first-order valence-corrected chi connectivity index (χ1v) is 8.13. The lowest BCUT2D eigenvalue weighted by Gasteiger charge is -2.09. The van der Waals surface area contributed by atoms with E-state index in [0.29, 0.717) is 6.54 Å². The summed E-state index contributed by atoms with van der Waals surface area (Å²) in [5.74, 6) is 0.238. The minimum absolute atomic E-state index is 0.238. The highest BCUT2D eigenvalue weighted by Crippen LogP contribution is 2.31. The Morgan fingerprint density at radius 3 is 2.04 bits per heavy atom. The molecular formula is C21H17N3O. The number of rotatable bonds is 4. The van der Waals surface area contributed by atoms with Crippen LogP contribution in [0.5, 0.6) is 5.75 Å². The van der Waals surface area contributed by atoms with Crippen LogP contribution < -0.4 is 0 Å². The molecular weight excluding hydrogens is 310 g/mol. The molecule has 0 aliphatic heterocycles. The van der Waals surface area contributed by atoms with Crippen LogP contribution in [0.3, 0.4) is 0 Å². The van der Waals surface area contributed by atoms with Gasteiger partial charge in [0.05, 0.1) is 12.2 Å². The largest absolute Gasteiger partial charge is 0.508 e. The topological polar surface area (TPSA) is 50.9 Å². The van der Waals surface area contributed by atoms with Crippen molar-refractivity contribution in [3.63, 3.8) is 0 Å². The first-order chi connectivity index (χ1) is 12.3. The van der Waals surface area contributed by atoms with Crippen molar-refractivity contribution in [3.8, 4) is 28.3 Å². The average molecular weight is 327 g/mol. The van der Waals surface area contributed by atoms with Gasteiger partial charge < -0.3 is 5.11 Å². The number of phenols is 1. The summed E-state index contributed by atoms with van der Waals surface area (Å²) in [6.07, 6.45) is 0. The fourth-order valence-corrected chi connectivity index (χ4v) is 2.88. The van der Waals surface area contributed by atoms with Gasteiger partial charge in [0.15, 0.2) is 0 Å². The van der Waals surface area contributed by atoms with Gasteiger partial charge in [0.25, 0.3) is 0 Å². The first kappa shape index (κ1) is 15.1. The minimum Gasteiger partial charge on any atom is -0.508 e. The third kappa shape index (κ3) is 3.15. The van der Waals surface area contributed by atoms with Crippen molar-refractivity contribution in [1.82, 2.24) is 15.0 Å². The molecule has 0 amide bonds. The maximum absolute atomic E-state index is 9.55. The predicted molar refractivity (Wildman–Crippen MR) is 98.1 cm³/mol. The monoisotopic (exact) mass is 327 g/mol. The maximum Gasteiger partial charge on any atom is 0.121 e. The Bertz CT molecular complexity index is 961. The van der Waals surface area contributed by atoms with Crippen molar-refractivity contribution in [2.24, 2.45) is 0 Å². The standard InChI is InChI=1S/C21H17N3O/c25-19-13-11-17(12-14-19)20-21(18-9-5-2-6-10-18)24(23-22-20)15-16-7-3-1-4-8-16/h1-14,25H,15H2. The molecule has 4 rings (SSSR count). The van der Waals surface area contributed by atoms with Crippen LogP contribution in [0.15, 0.2) is 84.9 Å². The summed E-state index contributed by atoms with van der Waals surface area (Å²) in [4.78, 5) is 0. The summed E-state index contributed by atoms with van der Waals surface area (Å²) in [6, 6.07) is 27.4. The van der Waals surface area contributed by atoms with Crippen LogP contribution in [0.1, 0.15) is 5.56 Å². The summed E-state index contributed by atoms with van der Waals surface area (Å²) in [5, 5.41) is 18.4. The highest BCUT2D eigenvalue weighted by Gasteiger charge is 2.16. The Morgan fingerprint density at radius 2 is 1.36 bits per heavy atom. The van der Waals surface area contributed by atoms with Crippen LogP contribution in [0, 0.1) is 0 Å². The second-order valence-electron chi connectivity index (χ2n) is 5.84. The number of hydrogen-bond acceptors (Lipinski definition) is 3. The molecule has 0 saturated heterocycles. The fraction of sp³-hybridized carbons (Fsp3) is 0.0476. The van der Waals surface area contributed by atoms with Gasteiger partial charge in [-0.25, -0.2) is 4.68 Å². The van der Waals surface area contributed by atoms with Crippen molar-refractivity contribution in [3.05, 3.63) is 90.5 Å². The van der Waals surface area contributed by atoms with Crippen LogP contribution in [0.4, 0.5) is 0 Å². The number of hydrogen-bond donors (Lipinski definition) is 1. The Balaban J connectivity index is 1.83. The molecule has 1 aromatic heterocycles. The molecule has 0 aliphatic carbocycles. The van der Waals surface area contributed by atoms with Gasteiger partial charge in [-0.2, -0.15) is 0 Å². The quantitative estimate of drug-likeness (QED) is 0.606. The molecule has 4 heteroatoms. The van der Waals surface area contributed by atoms with Crippen molar-refractivity contribution < 1.29 is 5.11 Å². The van der Waals surface area contributed by atoms with Crippen LogP contribution >= 0.6 is 0 Å². The molecule has 25 heavy (non-hydrogen) atoms. The predicted octanol–water partition coefficient (Wildman–Crippen LogP) is 4.37. The zero-order valence-electron chi connectivity index (χ0n) is 13.6. The van der Waals surface area contributed by atoms with Crippen LogP contribution in [0.2, 0.25) is 0 Å². The Morgan fingerprint density at radius 1 is 0.720 bits per heavy atom. The van der Waals surface area contributed by atoms with E-state index in [1.54, 1.807) is 12.1 Å². The highest BCUT2D eigenvalue weighted by atomic mass is 16.3. The molecule has 0 saturated carbocycles. The Labute approximate surface area is 146 Å². The third-order valence-electron chi connectivity index (χ3n) is 4.10. The fourth-order valence-electron chi connectivity index (χ4n) is 2.88. The lowest BCUT2D eigenvalue weighted by atomic mass is 10.0. The molecule has 3 aromatic carbocycles. The van der Waals surface area contributed by atoms with Gasteiger partial charge in [0.1, 0.15) is 11.4 Å². The summed E-state index contributed by atoms with van der Waals surface area (Å²) in [6.45, 7) is 0.649. The first-order valence-electron chi connectivity index (χ1n) is 8.13. The third-order valence-corrected chi connectivity index (χ3v) is 4.10. The van der Waals surface area contributed by atoms with Gasteiger partial charge in [-0.1, -0.05) is 65.9 Å². The molecule has 4 nitrogen and oxygen atoms in total. The molecule has 0 spiro atoms. The van der Waals surface area contributed by atoms with E-state index in [0.717, 1.165) is 22.5 Å². The van der Waals surface area contributed by atoms with Crippen LogP contribution in [-0.4, -0.2) is 20.1 Å². The van der Waals surface area contributed by atoms with Crippen molar-refractivity contribution in [2.45, 2.75) is 6.54 Å². The lowest BCUT2D eigenvalue weighted by molar-refractivity contribution is 0.475. The van der Waals surface area contributed by atoms with Gasteiger partial charge >= 0.3 is 0 Å². The summed E-state index contributed by atoms with van der Waals surface area (Å²) < 4.78 is 1.92. The minimum atomic E-state index is 0.238. The number of phenolic OH excluding ortho intramolecular Hbond substituents is 1. The molecule has 0 radical (unpaired) electrons. The van der Waals surface area contributed by atoms with Gasteiger partial charge in [0.2, 0.25) is 0 Å². The van der Waals surface area contributed by atoms with Crippen LogP contribution in [0.25, 0.3) is 22.5 Å². The number of benzene rings is 3. The van der Waals surface area contributed by atoms with E-state index in [-0.39, 0.29) is 5.75 Å². The molecule has 1 N–H and O–H groups in total. The molecule has 0 aliphatic rings. The van der Waals surface area contributed by atoms with Crippen molar-refractivity contribution in [2.75, 3.05) is 0 Å². The van der Waals surface area contributed by atoms with Gasteiger partial charge in [-0.3, -0.25) is 0 Å². The van der Waals surface area contributed by atoms with Gasteiger partial charge in [-0.15, -0.1) is 5.10 Å². The highest BCUT2D eigenvalue weighted by molar-refractivity contribution is 5.78. The zero-order valence-corrected chi connectivity index (χ0v) is 13.6. The summed E-state index contributed by atoms with van der Waals surface area (Å²) >= 11 is 0. The van der Waals surface area contributed by atoms with Crippen molar-refractivity contribution >= 4 is 0 Å². The normalized spacial score (nSPS) is 10.7. The number of aromatic hydroxyl groups is 1. The van der Waals surface area contributed by atoms with E-state index in [2.05, 4.69) is 34.6 Å². The van der Waals surface area contributed by atoms with E-state index >= 15 is 0 Å². The molecule has 0 bridgehead atoms. The van der Waals surface area contributed by atoms with Gasteiger partial charge in [-0.05, 0) is 29.8 Å². The van der Waals surface area contributed by atoms with E-state index < -0.39 is 0 Å². The summed E-state index contributed by atoms with van der Waals surface area (Å²) in [7, 11) is 0. The molecule has 0 atom stereocenters. The summed E-state index contributed by atoms with van der Waals surface area (Å²) in [5.41, 5.74) is 4.93. The maximum atomic E-state index is 9.55. The Kier molecular flexibility index (Phi) is 4.01. The second-order valence-corrected chi connectivity index (χ2v) is 5.84. The SMILES string of the molecule is Oc1ccc(-c2nnn(Cc3ccccc3)c2-c2ccccc2)cc1. The Hall–Kier alpha value is -3.40. The molecule has 0 unspecified atom stereocenters. The van der Waals surface area contributed by atoms with Crippen molar-refractivity contribution in [1.29, 1.82) is 0 Å². The van der Waals surface area contributed by atoms with Gasteiger partial charge in [0, 0.05) is 11.1 Å². The molecule has 4 aromatic rings. The lowest BCUT2D eigenvalue weighted by Crippen LogP contribution is -2.04. The smallest absolute Gasteiger partial charge is 0.121 e. The molecule has 122 valence electrons.